The highest BCUT2D eigenvalue weighted by atomic mass is 35.5. The van der Waals surface area contributed by atoms with Crippen LogP contribution in [-0.2, 0) is 21.4 Å². The van der Waals surface area contributed by atoms with Crippen molar-refractivity contribution in [2.45, 2.75) is 31.2 Å². The lowest BCUT2D eigenvalue weighted by Crippen LogP contribution is -2.42. The van der Waals surface area contributed by atoms with Crippen LogP contribution in [0.2, 0.25) is 5.02 Å². The molecule has 3 aromatic rings. The van der Waals surface area contributed by atoms with Gasteiger partial charge < -0.3 is 9.88 Å². The molecule has 32 heavy (non-hydrogen) atoms. The maximum Gasteiger partial charge on any atom is 0.243 e. The quantitative estimate of drug-likeness (QED) is 0.594. The summed E-state index contributed by atoms with van der Waals surface area (Å²) >= 11 is 5.86. The van der Waals surface area contributed by atoms with Gasteiger partial charge in [-0.3, -0.25) is 4.79 Å². The van der Waals surface area contributed by atoms with Gasteiger partial charge in [0.2, 0.25) is 15.9 Å². The fourth-order valence-electron chi connectivity index (χ4n) is 3.87. The molecule has 1 fully saturated rings. The molecule has 1 aliphatic heterocycles. The molecule has 1 amide bonds. The molecule has 0 bridgehead atoms. The smallest absolute Gasteiger partial charge is 0.243 e. The molecule has 0 radical (unpaired) electrons. The molecular formula is C23H25ClN4O3S. The van der Waals surface area contributed by atoms with Gasteiger partial charge in [0.15, 0.2) is 0 Å². The number of sulfonamides is 1. The number of nitrogens with zero attached hydrogens (tertiary/aromatic N) is 3. The van der Waals surface area contributed by atoms with E-state index in [1.807, 2.05) is 42.0 Å². The van der Waals surface area contributed by atoms with Crippen LogP contribution >= 0.6 is 11.6 Å². The van der Waals surface area contributed by atoms with E-state index in [0.717, 1.165) is 17.1 Å². The normalized spacial score (nSPS) is 15.6. The number of carbonyl (C=O) groups excluding carboxylic acids is 1. The van der Waals surface area contributed by atoms with Crippen molar-refractivity contribution in [1.82, 2.24) is 19.2 Å². The molecule has 9 heteroatoms. The summed E-state index contributed by atoms with van der Waals surface area (Å²) in [4.78, 5) is 17.1. The van der Waals surface area contributed by atoms with Gasteiger partial charge >= 0.3 is 0 Å². The Balaban J connectivity index is 1.29. The highest BCUT2D eigenvalue weighted by Crippen LogP contribution is 2.25. The Bertz CT molecular complexity index is 1180. The Morgan fingerprint density at radius 2 is 1.75 bits per heavy atom. The Morgan fingerprint density at radius 1 is 1.09 bits per heavy atom. The molecule has 1 N–H and O–H groups in total. The standard InChI is InChI=1S/C23H25ClN4O3S/c1-17-25-12-15-28(17)21-6-2-18(3-7-21)16-26-23(29)19-10-13-27(14-11-19)32(30,31)22-8-4-20(24)5-9-22/h2-9,12,15,19H,10-11,13-14,16H2,1H3,(H,26,29). The zero-order valence-electron chi connectivity index (χ0n) is 17.7. The van der Waals surface area contributed by atoms with E-state index >= 15 is 0 Å². The number of aryl methyl sites for hydroxylation is 1. The molecule has 7 nitrogen and oxygen atoms in total. The summed E-state index contributed by atoms with van der Waals surface area (Å²) < 4.78 is 29.0. The molecule has 1 aliphatic rings. The van der Waals surface area contributed by atoms with E-state index < -0.39 is 10.0 Å². The number of piperidine rings is 1. The Morgan fingerprint density at radius 3 is 2.34 bits per heavy atom. The molecule has 1 saturated heterocycles. The lowest BCUT2D eigenvalue weighted by atomic mass is 9.97. The van der Waals surface area contributed by atoms with Crippen LogP contribution in [0.5, 0.6) is 0 Å². The predicted octanol–water partition coefficient (Wildman–Crippen LogP) is 3.55. The molecule has 2 heterocycles. The summed E-state index contributed by atoms with van der Waals surface area (Å²) in [5.74, 6) is 0.679. The summed E-state index contributed by atoms with van der Waals surface area (Å²) in [5, 5.41) is 3.48. The van der Waals surface area contributed by atoms with Crippen LogP contribution < -0.4 is 5.32 Å². The van der Waals surface area contributed by atoms with Gasteiger partial charge in [0.05, 0.1) is 4.90 Å². The van der Waals surface area contributed by atoms with Gasteiger partial charge in [-0.15, -0.1) is 0 Å². The van der Waals surface area contributed by atoms with Crippen LogP contribution in [0.15, 0.2) is 65.8 Å². The Kier molecular flexibility index (Phi) is 6.64. The van der Waals surface area contributed by atoms with Crippen molar-refractivity contribution in [3.8, 4) is 5.69 Å². The van der Waals surface area contributed by atoms with Crippen LogP contribution in [0, 0.1) is 12.8 Å². The number of halogens is 1. The minimum atomic E-state index is -3.57. The number of nitrogens with one attached hydrogen (secondary N) is 1. The van der Waals surface area contributed by atoms with E-state index in [2.05, 4.69) is 10.3 Å². The van der Waals surface area contributed by atoms with Crippen molar-refractivity contribution in [2.24, 2.45) is 5.92 Å². The molecule has 0 saturated carbocycles. The maximum absolute atomic E-state index is 12.8. The second kappa shape index (κ2) is 9.44. The topological polar surface area (TPSA) is 84.3 Å². The van der Waals surface area contributed by atoms with E-state index in [1.54, 1.807) is 18.3 Å². The number of aromatic nitrogens is 2. The van der Waals surface area contributed by atoms with E-state index in [9.17, 15) is 13.2 Å². The number of hydrogen-bond acceptors (Lipinski definition) is 4. The molecule has 0 atom stereocenters. The van der Waals surface area contributed by atoms with E-state index in [0.29, 0.717) is 37.5 Å². The summed E-state index contributed by atoms with van der Waals surface area (Å²) in [6.07, 6.45) is 4.66. The lowest BCUT2D eigenvalue weighted by molar-refractivity contribution is -0.126. The third kappa shape index (κ3) is 4.87. The summed E-state index contributed by atoms with van der Waals surface area (Å²) in [5.41, 5.74) is 2.02. The lowest BCUT2D eigenvalue weighted by Gasteiger charge is -2.30. The third-order valence-electron chi connectivity index (χ3n) is 5.78. The average molecular weight is 473 g/mol. The van der Waals surface area contributed by atoms with Crippen molar-refractivity contribution in [3.63, 3.8) is 0 Å². The largest absolute Gasteiger partial charge is 0.352 e. The highest BCUT2D eigenvalue weighted by molar-refractivity contribution is 7.89. The summed E-state index contributed by atoms with van der Waals surface area (Å²) in [6.45, 7) is 3.02. The highest BCUT2D eigenvalue weighted by Gasteiger charge is 2.32. The maximum atomic E-state index is 12.8. The van der Waals surface area contributed by atoms with Crippen LogP contribution in [0.3, 0.4) is 0 Å². The zero-order chi connectivity index (χ0) is 22.7. The first-order valence-electron chi connectivity index (χ1n) is 10.5. The first-order chi connectivity index (χ1) is 15.3. The SMILES string of the molecule is Cc1nccn1-c1ccc(CNC(=O)C2CCN(S(=O)(=O)c3ccc(Cl)cc3)CC2)cc1. The molecule has 2 aromatic carbocycles. The van der Waals surface area contributed by atoms with Gasteiger partial charge in [-0.25, -0.2) is 13.4 Å². The molecule has 4 rings (SSSR count). The monoisotopic (exact) mass is 472 g/mol. The van der Waals surface area contributed by atoms with Crippen LogP contribution in [0.25, 0.3) is 5.69 Å². The average Bonchev–Trinajstić information content (AvgIpc) is 3.24. The first kappa shape index (κ1) is 22.5. The molecular weight excluding hydrogens is 448 g/mol. The van der Waals surface area contributed by atoms with Gasteiger partial charge in [0.25, 0.3) is 0 Å². The fraction of sp³-hybridized carbons (Fsp3) is 0.304. The van der Waals surface area contributed by atoms with Crippen LogP contribution in [0.1, 0.15) is 24.2 Å². The van der Waals surface area contributed by atoms with Crippen molar-refractivity contribution in [1.29, 1.82) is 0 Å². The second-order valence-corrected chi connectivity index (χ2v) is 10.2. The predicted molar refractivity (Wildman–Crippen MR) is 123 cm³/mol. The van der Waals surface area contributed by atoms with E-state index in [-0.39, 0.29) is 16.7 Å². The Labute approximate surface area is 193 Å². The van der Waals surface area contributed by atoms with Gasteiger partial charge in [0.1, 0.15) is 5.82 Å². The number of amides is 1. The number of rotatable bonds is 6. The number of benzene rings is 2. The molecule has 0 spiro atoms. The molecule has 0 aliphatic carbocycles. The number of hydrogen-bond donors (Lipinski definition) is 1. The Hall–Kier alpha value is -2.68. The third-order valence-corrected chi connectivity index (χ3v) is 7.95. The number of imidazole rings is 1. The number of carbonyl (C=O) groups is 1. The summed E-state index contributed by atoms with van der Waals surface area (Å²) in [6, 6.07) is 14.1. The molecule has 1 aromatic heterocycles. The van der Waals surface area contributed by atoms with Crippen molar-refractivity contribution >= 4 is 27.5 Å². The van der Waals surface area contributed by atoms with Crippen molar-refractivity contribution < 1.29 is 13.2 Å². The van der Waals surface area contributed by atoms with Crippen LogP contribution in [0.4, 0.5) is 0 Å². The van der Waals surface area contributed by atoms with Gasteiger partial charge in [-0.05, 0) is 61.7 Å². The van der Waals surface area contributed by atoms with Gasteiger partial charge in [0, 0.05) is 48.7 Å². The van der Waals surface area contributed by atoms with Crippen molar-refractivity contribution in [2.75, 3.05) is 13.1 Å². The first-order valence-corrected chi connectivity index (χ1v) is 12.3. The van der Waals surface area contributed by atoms with Gasteiger partial charge in [-0.1, -0.05) is 23.7 Å². The van der Waals surface area contributed by atoms with E-state index in [1.165, 1.54) is 16.4 Å². The van der Waals surface area contributed by atoms with E-state index in [4.69, 9.17) is 11.6 Å². The van der Waals surface area contributed by atoms with Crippen molar-refractivity contribution in [3.05, 3.63) is 77.3 Å². The molecule has 0 unspecified atom stereocenters. The minimum Gasteiger partial charge on any atom is -0.352 e. The molecule has 168 valence electrons. The zero-order valence-corrected chi connectivity index (χ0v) is 19.3. The van der Waals surface area contributed by atoms with Crippen LogP contribution in [-0.4, -0.2) is 41.3 Å². The fourth-order valence-corrected chi connectivity index (χ4v) is 5.47. The van der Waals surface area contributed by atoms with Gasteiger partial charge in [-0.2, -0.15) is 4.31 Å². The minimum absolute atomic E-state index is 0.0388. The second-order valence-electron chi connectivity index (χ2n) is 7.86. The summed E-state index contributed by atoms with van der Waals surface area (Å²) in [7, 11) is -3.57.